The second-order valence-corrected chi connectivity index (χ2v) is 14.5. The number of amides is 4. The highest BCUT2D eigenvalue weighted by Gasteiger charge is 2.42. The number of carbonyl (C=O) groups is 4. The molecule has 53 heavy (non-hydrogen) atoms. The number of aliphatic hydroxyl groups excluding tert-OH is 1. The number of hydrogen-bond donors (Lipinski definition) is 3. The van der Waals surface area contributed by atoms with Crippen LogP contribution in [-0.4, -0.2) is 135 Å². The first-order chi connectivity index (χ1) is 25.0. The molecule has 12 heteroatoms. The molecule has 1 heterocycles. The number of ether oxygens (including phenoxy) is 2. The number of nitrogens with zero attached hydrogens (tertiary/aromatic N) is 3. The molecule has 1 rings (SSSR count). The Morgan fingerprint density at radius 3 is 1.98 bits per heavy atom. The SMILES string of the molecule is C=C/C=C(\C=C)CC(C)NC(=O)C(C)C(OC)C1CCCN1C(=O)CC(OC)C(C(C)CC)N(C)C(=O)CNC(=O)C(C(C)C)N(C)C.CCC.CO. The maximum Gasteiger partial charge on any atom is 0.242 e. The Balaban J connectivity index is 0. The fourth-order valence-electron chi connectivity index (χ4n) is 7.00. The Kier molecular flexibility index (Phi) is 27.9. The molecule has 1 saturated heterocycles. The molecule has 0 spiro atoms. The van der Waals surface area contributed by atoms with Crippen molar-refractivity contribution in [1.82, 2.24) is 25.3 Å². The molecular weight excluding hydrogens is 674 g/mol. The Morgan fingerprint density at radius 2 is 1.53 bits per heavy atom. The molecule has 0 aromatic rings. The highest BCUT2D eigenvalue weighted by molar-refractivity contribution is 5.87. The summed E-state index contributed by atoms with van der Waals surface area (Å²) < 4.78 is 11.8. The van der Waals surface area contributed by atoms with Crippen molar-refractivity contribution in [1.29, 1.82) is 0 Å². The van der Waals surface area contributed by atoms with Crippen LogP contribution in [0.5, 0.6) is 0 Å². The van der Waals surface area contributed by atoms with Crippen molar-refractivity contribution in [2.75, 3.05) is 55.6 Å². The zero-order chi connectivity index (χ0) is 41.4. The zero-order valence-electron chi connectivity index (χ0n) is 35.7. The molecule has 12 nitrogen and oxygen atoms in total. The van der Waals surface area contributed by atoms with Crippen molar-refractivity contribution in [2.24, 2.45) is 17.8 Å². The standard InChI is InChI=1S/C37H65N5O6.C3H8.CH4O/c1-14-18-28(16-3)21-26(7)39-36(45)27(8)35(48-13)29-19-17-20-42(29)31(43)22-30(47-12)34(25(6)15-2)41(11)32(44)23-38-37(46)33(24(4)5)40(9)10;1-3-2;1-2/h14,16,18,24-27,29-30,33-35H,1,3,15,17,19-23H2,2,4-13H3,(H,38,46)(H,39,45);3H2,1-2H3;2H,1H3/b28-18+;;. The fraction of sp³-hybridized carbons (Fsp3) is 0.756. The molecule has 0 aliphatic carbocycles. The summed E-state index contributed by atoms with van der Waals surface area (Å²) in [4.78, 5) is 58.9. The van der Waals surface area contributed by atoms with Crippen LogP contribution < -0.4 is 10.6 Å². The predicted octanol–water partition coefficient (Wildman–Crippen LogP) is 4.83. The minimum atomic E-state index is -0.575. The van der Waals surface area contributed by atoms with Crippen molar-refractivity contribution >= 4 is 23.6 Å². The van der Waals surface area contributed by atoms with E-state index in [1.807, 2.05) is 71.5 Å². The summed E-state index contributed by atoms with van der Waals surface area (Å²) in [6, 6.07) is -1.16. The van der Waals surface area contributed by atoms with E-state index in [1.54, 1.807) is 38.3 Å². The Labute approximate surface area is 322 Å². The highest BCUT2D eigenvalue weighted by atomic mass is 16.5. The van der Waals surface area contributed by atoms with E-state index in [2.05, 4.69) is 37.6 Å². The third-order valence-corrected chi connectivity index (χ3v) is 9.70. The Hall–Kier alpha value is -3.06. The van der Waals surface area contributed by atoms with Gasteiger partial charge in [-0.2, -0.15) is 0 Å². The summed E-state index contributed by atoms with van der Waals surface area (Å²) >= 11 is 0. The first-order valence-corrected chi connectivity index (χ1v) is 19.2. The Bertz CT molecular complexity index is 1120. The van der Waals surface area contributed by atoms with E-state index in [0.29, 0.717) is 13.0 Å². The van der Waals surface area contributed by atoms with Gasteiger partial charge in [0, 0.05) is 41.0 Å². The number of aliphatic hydroxyl groups is 1. The van der Waals surface area contributed by atoms with Crippen LogP contribution in [0.25, 0.3) is 0 Å². The van der Waals surface area contributed by atoms with E-state index in [4.69, 9.17) is 14.6 Å². The first kappa shape index (κ1) is 52.0. The van der Waals surface area contributed by atoms with Gasteiger partial charge in [0.25, 0.3) is 0 Å². The van der Waals surface area contributed by atoms with Gasteiger partial charge >= 0.3 is 0 Å². The third kappa shape index (κ3) is 17.3. The number of allylic oxidation sites excluding steroid dienone is 3. The number of likely N-dealkylation sites (tertiary alicyclic amines) is 1. The van der Waals surface area contributed by atoms with E-state index >= 15 is 0 Å². The maximum atomic E-state index is 14.0. The van der Waals surface area contributed by atoms with Gasteiger partial charge in [-0.25, -0.2) is 0 Å². The van der Waals surface area contributed by atoms with Crippen LogP contribution in [0, 0.1) is 17.8 Å². The normalized spacial score (nSPS) is 18.2. The van der Waals surface area contributed by atoms with Crippen LogP contribution in [0.4, 0.5) is 0 Å². The van der Waals surface area contributed by atoms with Crippen LogP contribution in [0.15, 0.2) is 37.0 Å². The van der Waals surface area contributed by atoms with Crippen LogP contribution in [-0.2, 0) is 28.7 Å². The number of rotatable bonds is 21. The molecule has 8 atom stereocenters. The van der Waals surface area contributed by atoms with Crippen LogP contribution in [0.2, 0.25) is 0 Å². The molecule has 308 valence electrons. The van der Waals surface area contributed by atoms with Crippen LogP contribution >= 0.6 is 0 Å². The van der Waals surface area contributed by atoms with Crippen LogP contribution in [0.3, 0.4) is 0 Å². The molecular formula is C41H77N5O7. The van der Waals surface area contributed by atoms with Crippen molar-refractivity contribution in [3.05, 3.63) is 37.0 Å². The smallest absolute Gasteiger partial charge is 0.242 e. The van der Waals surface area contributed by atoms with Crippen molar-refractivity contribution in [2.45, 2.75) is 130 Å². The monoisotopic (exact) mass is 752 g/mol. The molecule has 1 aliphatic rings. The van der Waals surface area contributed by atoms with Crippen molar-refractivity contribution in [3.8, 4) is 0 Å². The molecule has 3 N–H and O–H groups in total. The summed E-state index contributed by atoms with van der Waals surface area (Å²) in [5, 5.41) is 12.9. The largest absolute Gasteiger partial charge is 0.400 e. The zero-order valence-corrected chi connectivity index (χ0v) is 35.7. The molecule has 0 saturated carbocycles. The molecule has 0 bridgehead atoms. The second-order valence-electron chi connectivity index (χ2n) is 14.5. The number of hydrogen-bond acceptors (Lipinski definition) is 8. The minimum absolute atomic E-state index is 0.0207. The van der Waals surface area contributed by atoms with Gasteiger partial charge in [-0.1, -0.05) is 92.7 Å². The number of carbonyl (C=O) groups excluding carboxylic acids is 4. The second kappa shape index (κ2) is 28.4. The number of nitrogens with one attached hydrogen (secondary N) is 2. The molecule has 0 radical (unpaired) electrons. The van der Waals surface area contributed by atoms with E-state index < -0.39 is 24.2 Å². The summed E-state index contributed by atoms with van der Waals surface area (Å²) in [6.07, 6.45) is 8.47. The van der Waals surface area contributed by atoms with Gasteiger partial charge in [0.2, 0.25) is 23.6 Å². The van der Waals surface area contributed by atoms with E-state index in [0.717, 1.165) is 31.9 Å². The fourth-order valence-corrected chi connectivity index (χ4v) is 7.00. The Morgan fingerprint density at radius 1 is 0.943 bits per heavy atom. The molecule has 1 fully saturated rings. The number of likely N-dealkylation sites (N-methyl/N-ethyl adjacent to an activating group) is 2. The summed E-state index contributed by atoms with van der Waals surface area (Å²) in [5.74, 6) is -1.10. The lowest BCUT2D eigenvalue weighted by atomic mass is 9.90. The lowest BCUT2D eigenvalue weighted by Crippen LogP contribution is -2.55. The van der Waals surface area contributed by atoms with Crippen LogP contribution in [0.1, 0.15) is 93.9 Å². The molecule has 0 aromatic carbocycles. The quantitative estimate of drug-likeness (QED) is 0.142. The van der Waals surface area contributed by atoms with Gasteiger partial charge < -0.3 is 35.0 Å². The topological polar surface area (TPSA) is 141 Å². The summed E-state index contributed by atoms with van der Waals surface area (Å²) in [5.41, 5.74) is 0.978. The predicted molar refractivity (Wildman–Crippen MR) is 216 cm³/mol. The van der Waals surface area contributed by atoms with E-state index in [1.165, 1.54) is 6.42 Å². The van der Waals surface area contributed by atoms with E-state index in [-0.39, 0.29) is 66.6 Å². The first-order valence-electron chi connectivity index (χ1n) is 19.2. The molecule has 4 amide bonds. The number of methoxy groups -OCH3 is 2. The van der Waals surface area contributed by atoms with Gasteiger partial charge in [0.05, 0.1) is 49.2 Å². The minimum Gasteiger partial charge on any atom is -0.400 e. The van der Waals surface area contributed by atoms with Gasteiger partial charge in [-0.15, -0.1) is 0 Å². The molecule has 0 aromatic heterocycles. The van der Waals surface area contributed by atoms with Crippen molar-refractivity contribution in [3.63, 3.8) is 0 Å². The van der Waals surface area contributed by atoms with E-state index in [9.17, 15) is 19.2 Å². The van der Waals surface area contributed by atoms with Gasteiger partial charge in [-0.3, -0.25) is 24.1 Å². The van der Waals surface area contributed by atoms with Crippen molar-refractivity contribution < 1.29 is 33.8 Å². The maximum absolute atomic E-state index is 14.0. The molecule has 1 aliphatic heterocycles. The average molecular weight is 752 g/mol. The summed E-state index contributed by atoms with van der Waals surface area (Å²) in [7, 11) is 9.54. The summed E-state index contributed by atoms with van der Waals surface area (Å²) in [6.45, 7) is 24.0. The van der Waals surface area contributed by atoms with Gasteiger partial charge in [0.15, 0.2) is 0 Å². The molecule has 8 unspecified atom stereocenters. The lowest BCUT2D eigenvalue weighted by molar-refractivity contribution is -0.146. The average Bonchev–Trinajstić information content (AvgIpc) is 3.60. The van der Waals surface area contributed by atoms with Gasteiger partial charge in [0.1, 0.15) is 0 Å². The third-order valence-electron chi connectivity index (χ3n) is 9.70. The van der Waals surface area contributed by atoms with Gasteiger partial charge in [-0.05, 0) is 57.7 Å². The highest BCUT2D eigenvalue weighted by Crippen LogP contribution is 2.29. The lowest BCUT2D eigenvalue weighted by Gasteiger charge is -2.39.